The molecule has 0 saturated carbocycles. The molecule has 0 aliphatic rings. The van der Waals surface area contributed by atoms with Gasteiger partial charge in [-0.05, 0) is 35.4 Å². The van der Waals surface area contributed by atoms with E-state index in [1.54, 1.807) is 6.07 Å². The topological polar surface area (TPSA) is 94.3 Å². The van der Waals surface area contributed by atoms with E-state index < -0.39 is 17.9 Å². The van der Waals surface area contributed by atoms with Crippen LogP contribution in [-0.4, -0.2) is 22.8 Å². The van der Waals surface area contributed by atoms with Crippen LogP contribution in [-0.2, 0) is 17.8 Å². The number of amides is 2. The Morgan fingerprint density at radius 3 is 2.31 bits per heavy atom. The molecule has 6 heteroatoms. The highest BCUT2D eigenvalue weighted by Gasteiger charge is 2.20. The van der Waals surface area contributed by atoms with Crippen LogP contribution in [0.3, 0.4) is 0 Å². The maximum absolute atomic E-state index is 12.7. The minimum atomic E-state index is -0.855. The Hall–Kier alpha value is -4.19. The largest absolute Gasteiger partial charge is 0.489 e. The van der Waals surface area contributed by atoms with Crippen molar-refractivity contribution in [2.45, 2.75) is 19.1 Å². The van der Waals surface area contributed by atoms with Crippen molar-refractivity contribution in [1.82, 2.24) is 10.3 Å². The number of aromatic nitrogens is 1. The molecule has 0 bridgehead atoms. The lowest BCUT2D eigenvalue weighted by Gasteiger charge is -2.16. The number of nitrogens with one attached hydrogen (secondary N) is 1. The number of nitrogens with zero attached hydrogens (tertiary/aromatic N) is 1. The predicted octanol–water partition coefficient (Wildman–Crippen LogP) is 3.64. The second-order valence-electron chi connectivity index (χ2n) is 7.44. The van der Waals surface area contributed by atoms with Gasteiger partial charge in [0.1, 0.15) is 24.1 Å². The summed E-state index contributed by atoms with van der Waals surface area (Å²) in [4.78, 5) is 29.0. The Labute approximate surface area is 186 Å². The zero-order valence-corrected chi connectivity index (χ0v) is 17.4. The van der Waals surface area contributed by atoms with Crippen LogP contribution in [0.2, 0.25) is 0 Å². The first-order valence-corrected chi connectivity index (χ1v) is 10.3. The van der Waals surface area contributed by atoms with Crippen molar-refractivity contribution in [3.63, 3.8) is 0 Å². The summed E-state index contributed by atoms with van der Waals surface area (Å²) in [5.41, 5.74) is 8.42. The first-order chi connectivity index (χ1) is 15.6. The molecule has 1 atom stereocenters. The first kappa shape index (κ1) is 21.1. The molecule has 1 heterocycles. The number of carbonyl (C=O) groups excluding carboxylic acids is 2. The van der Waals surface area contributed by atoms with Gasteiger partial charge in [0.25, 0.3) is 5.91 Å². The summed E-state index contributed by atoms with van der Waals surface area (Å²) >= 11 is 0. The number of fused-ring (bicyclic) bond motifs is 1. The number of benzene rings is 3. The molecule has 3 N–H and O–H groups in total. The molecule has 6 nitrogen and oxygen atoms in total. The molecule has 0 radical (unpaired) electrons. The van der Waals surface area contributed by atoms with E-state index in [9.17, 15) is 9.59 Å². The molecular formula is C26H23N3O3. The molecule has 32 heavy (non-hydrogen) atoms. The van der Waals surface area contributed by atoms with Gasteiger partial charge in [-0.15, -0.1) is 0 Å². The Morgan fingerprint density at radius 1 is 0.844 bits per heavy atom. The van der Waals surface area contributed by atoms with Crippen molar-refractivity contribution in [1.29, 1.82) is 0 Å². The van der Waals surface area contributed by atoms with E-state index in [4.69, 9.17) is 10.5 Å². The fraction of sp³-hybridized carbons (Fsp3) is 0.115. The third kappa shape index (κ3) is 5.29. The van der Waals surface area contributed by atoms with E-state index in [1.807, 2.05) is 84.9 Å². The monoisotopic (exact) mass is 425 g/mol. The van der Waals surface area contributed by atoms with Crippen LogP contribution >= 0.6 is 0 Å². The zero-order chi connectivity index (χ0) is 22.3. The number of hydrogen-bond acceptors (Lipinski definition) is 4. The van der Waals surface area contributed by atoms with Gasteiger partial charge in [-0.25, -0.2) is 4.98 Å². The number of pyridine rings is 1. The van der Waals surface area contributed by atoms with Crippen LogP contribution in [0.25, 0.3) is 10.9 Å². The van der Waals surface area contributed by atoms with Crippen LogP contribution < -0.4 is 15.8 Å². The molecule has 160 valence electrons. The number of hydrogen-bond donors (Lipinski definition) is 2. The molecule has 0 saturated heterocycles. The zero-order valence-electron chi connectivity index (χ0n) is 17.4. The van der Waals surface area contributed by atoms with Crippen molar-refractivity contribution in [3.05, 3.63) is 108 Å². The number of nitrogens with two attached hydrogens (primary N) is 1. The highest BCUT2D eigenvalue weighted by molar-refractivity contribution is 5.97. The fourth-order valence-corrected chi connectivity index (χ4v) is 3.35. The van der Waals surface area contributed by atoms with Crippen LogP contribution in [0.15, 0.2) is 91.0 Å². The molecule has 0 aliphatic carbocycles. The Bertz CT molecular complexity index is 1220. The minimum absolute atomic E-state index is 0.236. The molecule has 4 rings (SSSR count). The third-order valence-electron chi connectivity index (χ3n) is 5.09. The molecule has 4 aromatic rings. The van der Waals surface area contributed by atoms with Crippen molar-refractivity contribution < 1.29 is 14.3 Å². The molecule has 2 amide bonds. The van der Waals surface area contributed by atoms with Gasteiger partial charge in [0, 0.05) is 11.8 Å². The molecule has 0 spiro atoms. The average molecular weight is 425 g/mol. The predicted molar refractivity (Wildman–Crippen MR) is 123 cm³/mol. The van der Waals surface area contributed by atoms with E-state index in [0.29, 0.717) is 12.1 Å². The summed E-state index contributed by atoms with van der Waals surface area (Å²) in [6, 6.07) is 27.4. The number of carbonyl (C=O) groups is 2. The van der Waals surface area contributed by atoms with Gasteiger partial charge in [0.05, 0.1) is 5.52 Å². The van der Waals surface area contributed by atoms with Gasteiger partial charge < -0.3 is 15.8 Å². The SMILES string of the molecule is NC(=O)[C@H](Cc1ccc(OCc2ccccc2)cc1)NC(=O)c1ccc2ccccc2n1. The smallest absolute Gasteiger partial charge is 0.270 e. The highest BCUT2D eigenvalue weighted by Crippen LogP contribution is 2.16. The number of primary amides is 1. The van der Waals surface area contributed by atoms with Crippen LogP contribution in [0.4, 0.5) is 0 Å². The van der Waals surface area contributed by atoms with Crippen molar-refractivity contribution in [3.8, 4) is 5.75 Å². The molecule has 0 aliphatic heterocycles. The summed E-state index contributed by atoms with van der Waals surface area (Å²) < 4.78 is 5.79. The quantitative estimate of drug-likeness (QED) is 0.451. The Balaban J connectivity index is 1.39. The second-order valence-corrected chi connectivity index (χ2v) is 7.44. The maximum atomic E-state index is 12.7. The third-order valence-corrected chi connectivity index (χ3v) is 5.09. The summed E-state index contributed by atoms with van der Waals surface area (Å²) in [6.45, 7) is 0.471. The van der Waals surface area contributed by atoms with Crippen molar-refractivity contribution in [2.24, 2.45) is 5.73 Å². The van der Waals surface area contributed by atoms with E-state index in [1.165, 1.54) is 0 Å². The standard InChI is InChI=1S/C26H23N3O3/c27-25(30)24(29-26(31)23-15-12-20-8-4-5-9-22(20)28-23)16-18-10-13-21(14-11-18)32-17-19-6-2-1-3-7-19/h1-15,24H,16-17H2,(H2,27,30)(H,29,31)/t24-/m0/s1. The summed E-state index contributed by atoms with van der Waals surface area (Å²) in [5, 5.41) is 3.64. The van der Waals surface area contributed by atoms with E-state index in [0.717, 1.165) is 22.3 Å². The first-order valence-electron chi connectivity index (χ1n) is 10.3. The Morgan fingerprint density at radius 2 is 1.56 bits per heavy atom. The second kappa shape index (κ2) is 9.75. The van der Waals surface area contributed by atoms with Gasteiger partial charge >= 0.3 is 0 Å². The van der Waals surface area contributed by atoms with E-state index in [-0.39, 0.29) is 12.1 Å². The summed E-state index contributed by atoms with van der Waals surface area (Å²) in [7, 11) is 0. The lowest BCUT2D eigenvalue weighted by atomic mass is 10.0. The van der Waals surface area contributed by atoms with E-state index >= 15 is 0 Å². The van der Waals surface area contributed by atoms with E-state index in [2.05, 4.69) is 10.3 Å². The van der Waals surface area contributed by atoms with Crippen LogP contribution in [0.1, 0.15) is 21.6 Å². The van der Waals surface area contributed by atoms with Gasteiger partial charge in [0.15, 0.2) is 0 Å². The fourth-order valence-electron chi connectivity index (χ4n) is 3.35. The van der Waals surface area contributed by atoms with Crippen molar-refractivity contribution in [2.75, 3.05) is 0 Å². The maximum Gasteiger partial charge on any atom is 0.270 e. The van der Waals surface area contributed by atoms with Crippen molar-refractivity contribution >= 4 is 22.7 Å². The van der Waals surface area contributed by atoms with Gasteiger partial charge in [-0.1, -0.05) is 66.7 Å². The lowest BCUT2D eigenvalue weighted by Crippen LogP contribution is -2.46. The van der Waals surface area contributed by atoms with Gasteiger partial charge in [-0.3, -0.25) is 9.59 Å². The van der Waals surface area contributed by atoms with Crippen LogP contribution in [0, 0.1) is 0 Å². The van der Waals surface area contributed by atoms with Gasteiger partial charge in [-0.2, -0.15) is 0 Å². The number of rotatable bonds is 8. The molecule has 3 aromatic carbocycles. The molecular weight excluding hydrogens is 402 g/mol. The summed E-state index contributed by atoms with van der Waals surface area (Å²) in [6.07, 6.45) is 0.271. The Kier molecular flexibility index (Phi) is 6.41. The van der Waals surface area contributed by atoms with Crippen LogP contribution in [0.5, 0.6) is 5.75 Å². The minimum Gasteiger partial charge on any atom is -0.489 e. The number of ether oxygens (including phenoxy) is 1. The normalized spacial score (nSPS) is 11.6. The highest BCUT2D eigenvalue weighted by atomic mass is 16.5. The number of para-hydroxylation sites is 1. The molecule has 0 unspecified atom stereocenters. The lowest BCUT2D eigenvalue weighted by molar-refractivity contribution is -0.119. The molecule has 0 fully saturated rings. The average Bonchev–Trinajstić information content (AvgIpc) is 2.83. The summed E-state index contributed by atoms with van der Waals surface area (Å²) in [5.74, 6) is -0.330. The van der Waals surface area contributed by atoms with Gasteiger partial charge in [0.2, 0.25) is 5.91 Å². The molecule has 1 aromatic heterocycles.